The van der Waals surface area contributed by atoms with Gasteiger partial charge >= 0.3 is 0 Å². The van der Waals surface area contributed by atoms with Crippen molar-refractivity contribution in [1.29, 1.82) is 0 Å². The topological polar surface area (TPSA) is 41.1 Å². The Bertz CT molecular complexity index is 374. The monoisotopic (exact) mass is 316 g/mol. The molecule has 2 heterocycles. The molecule has 0 radical (unpaired) electrons. The molecule has 5 heteroatoms. The second kappa shape index (κ2) is 6.52. The molecule has 2 rings (SSSR count). The number of nitrogens with one attached hydrogen (secondary N) is 2. The maximum atomic E-state index is 11.8. The Morgan fingerprint density at radius 2 is 2.53 bits per heavy atom. The molecule has 2 N–H and O–H groups in total. The Morgan fingerprint density at radius 1 is 1.65 bits per heavy atom. The molecular weight excluding hydrogens is 300 g/mol. The van der Waals surface area contributed by atoms with Gasteiger partial charge in [-0.3, -0.25) is 4.79 Å². The van der Waals surface area contributed by atoms with Crippen LogP contribution < -0.4 is 10.6 Å². The standard InChI is InChI=1S/C12H17BrN2OS/c13-10-4-7-17-11(10)12(16)15-6-3-9-2-1-5-14-8-9/h4,7,9,14H,1-3,5-6,8H2,(H,15,16)/t9-/m0/s1. The zero-order valence-electron chi connectivity index (χ0n) is 9.67. The normalized spacial score (nSPS) is 20.2. The van der Waals surface area contributed by atoms with Gasteiger partial charge in [-0.2, -0.15) is 0 Å². The minimum Gasteiger partial charge on any atom is -0.351 e. The Balaban J connectivity index is 1.71. The highest BCUT2D eigenvalue weighted by Gasteiger charge is 2.14. The molecule has 0 spiro atoms. The summed E-state index contributed by atoms with van der Waals surface area (Å²) >= 11 is 4.85. The van der Waals surface area contributed by atoms with Crippen LogP contribution in [0.25, 0.3) is 0 Å². The van der Waals surface area contributed by atoms with Crippen LogP contribution in [0, 0.1) is 5.92 Å². The van der Waals surface area contributed by atoms with Crippen molar-refractivity contribution in [2.24, 2.45) is 5.92 Å². The van der Waals surface area contributed by atoms with Crippen LogP contribution in [-0.4, -0.2) is 25.5 Å². The summed E-state index contributed by atoms with van der Waals surface area (Å²) in [5.41, 5.74) is 0. The summed E-state index contributed by atoms with van der Waals surface area (Å²) in [5, 5.41) is 8.30. The van der Waals surface area contributed by atoms with Crippen LogP contribution in [0.3, 0.4) is 0 Å². The first-order chi connectivity index (χ1) is 8.27. The third kappa shape index (κ3) is 3.79. The second-order valence-electron chi connectivity index (χ2n) is 4.35. The largest absolute Gasteiger partial charge is 0.351 e. The number of carbonyl (C=O) groups excluding carboxylic acids is 1. The Kier molecular flexibility index (Phi) is 5.00. The lowest BCUT2D eigenvalue weighted by Gasteiger charge is -2.22. The fourth-order valence-electron chi connectivity index (χ4n) is 2.10. The van der Waals surface area contributed by atoms with Crippen LogP contribution in [0.15, 0.2) is 15.9 Å². The molecule has 17 heavy (non-hydrogen) atoms. The van der Waals surface area contributed by atoms with E-state index in [1.807, 2.05) is 11.4 Å². The van der Waals surface area contributed by atoms with Gasteiger partial charge in [-0.1, -0.05) is 0 Å². The zero-order valence-corrected chi connectivity index (χ0v) is 12.1. The van der Waals surface area contributed by atoms with Crippen molar-refractivity contribution in [1.82, 2.24) is 10.6 Å². The van der Waals surface area contributed by atoms with Gasteiger partial charge < -0.3 is 10.6 Å². The first-order valence-corrected chi connectivity index (χ1v) is 7.66. The second-order valence-corrected chi connectivity index (χ2v) is 6.13. The highest BCUT2D eigenvalue weighted by atomic mass is 79.9. The van der Waals surface area contributed by atoms with E-state index in [9.17, 15) is 4.79 Å². The molecule has 0 unspecified atom stereocenters. The molecule has 0 saturated carbocycles. The minimum atomic E-state index is 0.0376. The van der Waals surface area contributed by atoms with Gasteiger partial charge in [0, 0.05) is 11.0 Å². The van der Waals surface area contributed by atoms with Crippen molar-refractivity contribution in [3.63, 3.8) is 0 Å². The molecule has 0 aliphatic carbocycles. The van der Waals surface area contributed by atoms with Gasteiger partial charge in [0.05, 0.1) is 0 Å². The zero-order chi connectivity index (χ0) is 12.1. The summed E-state index contributed by atoms with van der Waals surface area (Å²) in [4.78, 5) is 12.6. The lowest BCUT2D eigenvalue weighted by Crippen LogP contribution is -2.33. The van der Waals surface area contributed by atoms with Crippen molar-refractivity contribution >= 4 is 33.2 Å². The van der Waals surface area contributed by atoms with Gasteiger partial charge in [0.25, 0.3) is 5.91 Å². The number of carbonyl (C=O) groups is 1. The third-order valence-electron chi connectivity index (χ3n) is 3.06. The van der Waals surface area contributed by atoms with Crippen molar-refractivity contribution in [3.05, 3.63) is 20.8 Å². The van der Waals surface area contributed by atoms with Crippen LogP contribution in [0.4, 0.5) is 0 Å². The van der Waals surface area contributed by atoms with Crippen molar-refractivity contribution in [2.75, 3.05) is 19.6 Å². The van der Waals surface area contributed by atoms with Crippen LogP contribution in [0.2, 0.25) is 0 Å². The smallest absolute Gasteiger partial charge is 0.262 e. The van der Waals surface area contributed by atoms with Crippen molar-refractivity contribution in [3.8, 4) is 0 Å². The summed E-state index contributed by atoms with van der Waals surface area (Å²) in [7, 11) is 0. The number of rotatable bonds is 4. The Hall–Kier alpha value is -0.390. The quantitative estimate of drug-likeness (QED) is 0.896. The van der Waals surface area contributed by atoms with Crippen LogP contribution in [0.1, 0.15) is 28.9 Å². The molecule has 1 fully saturated rings. The lowest BCUT2D eigenvalue weighted by atomic mass is 9.96. The first-order valence-electron chi connectivity index (χ1n) is 5.99. The van der Waals surface area contributed by atoms with Crippen LogP contribution >= 0.6 is 27.3 Å². The number of amides is 1. The summed E-state index contributed by atoms with van der Waals surface area (Å²) < 4.78 is 0.888. The van der Waals surface area contributed by atoms with Crippen LogP contribution in [-0.2, 0) is 0 Å². The molecular formula is C12H17BrN2OS. The number of hydrogen-bond acceptors (Lipinski definition) is 3. The van der Waals surface area contributed by atoms with E-state index >= 15 is 0 Å². The minimum absolute atomic E-state index is 0.0376. The van der Waals surface area contributed by atoms with Gasteiger partial charge in [-0.05, 0) is 65.6 Å². The summed E-state index contributed by atoms with van der Waals surface area (Å²) in [6.07, 6.45) is 3.61. The molecule has 1 atom stereocenters. The fraction of sp³-hybridized carbons (Fsp3) is 0.583. The van der Waals surface area contributed by atoms with E-state index in [1.54, 1.807) is 0 Å². The van der Waals surface area contributed by atoms with E-state index in [0.29, 0.717) is 0 Å². The predicted octanol–water partition coefficient (Wildman–Crippen LogP) is 2.63. The molecule has 94 valence electrons. The SMILES string of the molecule is O=C(NCC[C@@H]1CCCNC1)c1sccc1Br. The molecule has 1 saturated heterocycles. The first kappa shape index (κ1) is 13.1. The van der Waals surface area contributed by atoms with E-state index in [-0.39, 0.29) is 5.91 Å². The molecule has 0 aromatic carbocycles. The molecule has 0 bridgehead atoms. The summed E-state index contributed by atoms with van der Waals surface area (Å²) in [5.74, 6) is 0.756. The molecule has 1 aliphatic heterocycles. The highest BCUT2D eigenvalue weighted by Crippen LogP contribution is 2.22. The van der Waals surface area contributed by atoms with Crippen molar-refractivity contribution < 1.29 is 4.79 Å². The highest BCUT2D eigenvalue weighted by molar-refractivity contribution is 9.10. The number of halogens is 1. The number of piperidine rings is 1. The van der Waals surface area contributed by atoms with Gasteiger partial charge in [-0.15, -0.1) is 11.3 Å². The Labute approximate surface area is 114 Å². The summed E-state index contributed by atoms with van der Waals surface area (Å²) in [6.45, 7) is 3.01. The molecule has 3 nitrogen and oxygen atoms in total. The Morgan fingerprint density at radius 3 is 3.18 bits per heavy atom. The molecule has 1 aliphatic rings. The third-order valence-corrected chi connectivity index (χ3v) is 4.90. The van der Waals surface area contributed by atoms with E-state index in [0.717, 1.165) is 41.3 Å². The van der Waals surface area contributed by atoms with Crippen molar-refractivity contribution in [2.45, 2.75) is 19.3 Å². The van der Waals surface area contributed by atoms with E-state index in [4.69, 9.17) is 0 Å². The number of thiophene rings is 1. The maximum Gasteiger partial charge on any atom is 0.262 e. The summed E-state index contributed by atoms with van der Waals surface area (Å²) in [6, 6.07) is 1.91. The van der Waals surface area contributed by atoms with Gasteiger partial charge in [0.2, 0.25) is 0 Å². The van der Waals surface area contributed by atoms with Gasteiger partial charge in [0.15, 0.2) is 0 Å². The van der Waals surface area contributed by atoms with E-state index in [1.165, 1.54) is 24.2 Å². The van der Waals surface area contributed by atoms with E-state index < -0.39 is 0 Å². The molecule has 1 aromatic rings. The van der Waals surface area contributed by atoms with Gasteiger partial charge in [-0.25, -0.2) is 0 Å². The molecule has 1 amide bonds. The average molecular weight is 317 g/mol. The van der Waals surface area contributed by atoms with Crippen LogP contribution in [0.5, 0.6) is 0 Å². The maximum absolute atomic E-state index is 11.8. The lowest BCUT2D eigenvalue weighted by molar-refractivity contribution is 0.0954. The number of hydrogen-bond donors (Lipinski definition) is 2. The predicted molar refractivity (Wildman–Crippen MR) is 74.6 cm³/mol. The average Bonchev–Trinajstić information content (AvgIpc) is 2.77. The molecule has 1 aromatic heterocycles. The van der Waals surface area contributed by atoms with Gasteiger partial charge in [0.1, 0.15) is 4.88 Å². The van der Waals surface area contributed by atoms with E-state index in [2.05, 4.69) is 26.6 Å². The fourth-order valence-corrected chi connectivity index (χ4v) is 3.56.